The third-order valence-corrected chi connectivity index (χ3v) is 4.74. The molecule has 1 N–H and O–H groups in total. The van der Waals surface area contributed by atoms with E-state index in [0.29, 0.717) is 6.04 Å². The van der Waals surface area contributed by atoms with E-state index in [-0.39, 0.29) is 0 Å². The Hall–Kier alpha value is -1.12. The van der Waals surface area contributed by atoms with Crippen LogP contribution in [0.2, 0.25) is 0 Å². The van der Waals surface area contributed by atoms with Gasteiger partial charge in [-0.25, -0.2) is 0 Å². The molecule has 0 amide bonds. The maximum atomic E-state index is 3.67. The van der Waals surface area contributed by atoms with Crippen molar-refractivity contribution in [1.82, 2.24) is 5.32 Å². The summed E-state index contributed by atoms with van der Waals surface area (Å²) in [5.41, 5.74) is 5.64. The number of nitrogens with one attached hydrogen (secondary N) is 1. The molecule has 2 aromatic rings. The number of hydrogen-bond donors (Lipinski definition) is 1. The molecular weight excluding hydrogens is 298 g/mol. The van der Waals surface area contributed by atoms with Crippen molar-refractivity contribution >= 4 is 15.9 Å². The Kier molecular flexibility index (Phi) is 3.72. The SMILES string of the molecule is Cc1ccc(CNC2Cc3ccccc3C2)cc1Br. The van der Waals surface area contributed by atoms with Crippen LogP contribution in [-0.4, -0.2) is 6.04 Å². The summed E-state index contributed by atoms with van der Waals surface area (Å²) in [6, 6.07) is 15.9. The van der Waals surface area contributed by atoms with Crippen molar-refractivity contribution in [2.45, 2.75) is 32.4 Å². The molecule has 0 saturated carbocycles. The fraction of sp³-hybridized carbons (Fsp3) is 0.294. The van der Waals surface area contributed by atoms with Gasteiger partial charge in [-0.3, -0.25) is 0 Å². The third kappa shape index (κ3) is 2.90. The van der Waals surface area contributed by atoms with Gasteiger partial charge in [-0.2, -0.15) is 0 Å². The van der Waals surface area contributed by atoms with Gasteiger partial charge in [-0.05, 0) is 48.1 Å². The second-order valence-corrected chi connectivity index (χ2v) is 6.19. The normalized spacial score (nSPS) is 14.6. The van der Waals surface area contributed by atoms with Crippen LogP contribution in [0.1, 0.15) is 22.3 Å². The topological polar surface area (TPSA) is 12.0 Å². The van der Waals surface area contributed by atoms with Crippen molar-refractivity contribution in [3.8, 4) is 0 Å². The standard InChI is InChI=1S/C17H18BrN/c1-12-6-7-13(8-17(12)18)11-19-16-9-14-4-2-3-5-15(14)10-16/h2-8,16,19H,9-11H2,1H3. The number of hydrogen-bond acceptors (Lipinski definition) is 1. The first kappa shape index (κ1) is 12.9. The van der Waals surface area contributed by atoms with Crippen molar-refractivity contribution in [2.75, 3.05) is 0 Å². The van der Waals surface area contributed by atoms with Crippen molar-refractivity contribution in [3.05, 3.63) is 69.2 Å². The molecule has 0 fully saturated rings. The zero-order valence-corrected chi connectivity index (χ0v) is 12.7. The van der Waals surface area contributed by atoms with Crippen LogP contribution < -0.4 is 5.32 Å². The molecule has 1 aliphatic rings. The number of benzene rings is 2. The minimum Gasteiger partial charge on any atom is -0.309 e. The van der Waals surface area contributed by atoms with E-state index in [1.165, 1.54) is 26.7 Å². The Bertz CT molecular complexity index is 567. The second kappa shape index (κ2) is 5.48. The van der Waals surface area contributed by atoms with Crippen molar-refractivity contribution in [2.24, 2.45) is 0 Å². The molecular formula is C17H18BrN. The van der Waals surface area contributed by atoms with Crippen molar-refractivity contribution in [3.63, 3.8) is 0 Å². The molecule has 1 aliphatic carbocycles. The zero-order valence-electron chi connectivity index (χ0n) is 11.1. The van der Waals surface area contributed by atoms with Crippen LogP contribution in [0.25, 0.3) is 0 Å². The largest absolute Gasteiger partial charge is 0.309 e. The van der Waals surface area contributed by atoms with Crippen LogP contribution in [0.5, 0.6) is 0 Å². The van der Waals surface area contributed by atoms with Gasteiger partial charge >= 0.3 is 0 Å². The lowest BCUT2D eigenvalue weighted by atomic mass is 10.1. The van der Waals surface area contributed by atoms with Gasteiger partial charge in [0.1, 0.15) is 0 Å². The second-order valence-electron chi connectivity index (χ2n) is 5.34. The fourth-order valence-corrected chi connectivity index (χ4v) is 3.14. The van der Waals surface area contributed by atoms with Crippen LogP contribution in [-0.2, 0) is 19.4 Å². The minimum absolute atomic E-state index is 0.581. The van der Waals surface area contributed by atoms with Gasteiger partial charge in [0, 0.05) is 17.1 Å². The van der Waals surface area contributed by atoms with E-state index in [1.807, 2.05) is 0 Å². The van der Waals surface area contributed by atoms with Gasteiger partial charge in [0.2, 0.25) is 0 Å². The van der Waals surface area contributed by atoms with Gasteiger partial charge in [0.25, 0.3) is 0 Å². The summed E-state index contributed by atoms with van der Waals surface area (Å²) in [6.45, 7) is 3.06. The summed E-state index contributed by atoms with van der Waals surface area (Å²) in [4.78, 5) is 0. The van der Waals surface area contributed by atoms with Gasteiger partial charge < -0.3 is 5.32 Å². The predicted octanol–water partition coefficient (Wildman–Crippen LogP) is 4.01. The quantitative estimate of drug-likeness (QED) is 0.902. The van der Waals surface area contributed by atoms with Crippen LogP contribution in [0.3, 0.4) is 0 Å². The Balaban J connectivity index is 1.61. The summed E-state index contributed by atoms with van der Waals surface area (Å²) in [5.74, 6) is 0. The molecule has 0 aliphatic heterocycles. The van der Waals surface area contributed by atoms with E-state index in [4.69, 9.17) is 0 Å². The smallest absolute Gasteiger partial charge is 0.0208 e. The molecule has 0 saturated heterocycles. The Morgan fingerprint density at radius 2 is 1.79 bits per heavy atom. The number of aryl methyl sites for hydroxylation is 1. The van der Waals surface area contributed by atoms with Crippen LogP contribution >= 0.6 is 15.9 Å². The van der Waals surface area contributed by atoms with E-state index in [9.17, 15) is 0 Å². The molecule has 0 atom stereocenters. The Morgan fingerprint density at radius 1 is 1.11 bits per heavy atom. The maximum absolute atomic E-state index is 3.67. The average Bonchev–Trinajstić information content (AvgIpc) is 2.83. The van der Waals surface area contributed by atoms with E-state index in [1.54, 1.807) is 0 Å². The highest BCUT2D eigenvalue weighted by molar-refractivity contribution is 9.10. The summed E-state index contributed by atoms with van der Waals surface area (Å²) in [6.07, 6.45) is 2.31. The molecule has 0 bridgehead atoms. The van der Waals surface area contributed by atoms with E-state index < -0.39 is 0 Å². The first-order valence-electron chi connectivity index (χ1n) is 6.77. The molecule has 0 unspecified atom stereocenters. The van der Waals surface area contributed by atoms with Gasteiger partial charge in [-0.15, -0.1) is 0 Å². The van der Waals surface area contributed by atoms with Crippen molar-refractivity contribution < 1.29 is 0 Å². The summed E-state index contributed by atoms with van der Waals surface area (Å²) < 4.78 is 1.20. The fourth-order valence-electron chi connectivity index (χ4n) is 2.71. The molecule has 2 heteroatoms. The van der Waals surface area contributed by atoms with Gasteiger partial charge in [0.15, 0.2) is 0 Å². The lowest BCUT2D eigenvalue weighted by Crippen LogP contribution is -2.28. The monoisotopic (exact) mass is 315 g/mol. The minimum atomic E-state index is 0.581. The molecule has 19 heavy (non-hydrogen) atoms. The lowest BCUT2D eigenvalue weighted by molar-refractivity contribution is 0.533. The van der Waals surface area contributed by atoms with Crippen LogP contribution in [0.15, 0.2) is 46.9 Å². The Morgan fingerprint density at radius 3 is 2.42 bits per heavy atom. The zero-order chi connectivity index (χ0) is 13.2. The molecule has 0 spiro atoms. The lowest BCUT2D eigenvalue weighted by Gasteiger charge is -2.12. The van der Waals surface area contributed by atoms with E-state index in [0.717, 1.165) is 19.4 Å². The third-order valence-electron chi connectivity index (χ3n) is 3.88. The summed E-state index contributed by atoms with van der Waals surface area (Å²) >= 11 is 3.60. The molecule has 3 rings (SSSR count). The predicted molar refractivity (Wildman–Crippen MR) is 83.4 cm³/mol. The van der Waals surface area contributed by atoms with Crippen LogP contribution in [0, 0.1) is 6.92 Å². The molecule has 1 nitrogen and oxygen atoms in total. The van der Waals surface area contributed by atoms with Gasteiger partial charge in [0.05, 0.1) is 0 Å². The first-order chi connectivity index (χ1) is 9.22. The average molecular weight is 316 g/mol. The summed E-state index contributed by atoms with van der Waals surface area (Å²) in [7, 11) is 0. The van der Waals surface area contributed by atoms with E-state index >= 15 is 0 Å². The highest BCUT2D eigenvalue weighted by atomic mass is 79.9. The highest BCUT2D eigenvalue weighted by Gasteiger charge is 2.19. The summed E-state index contributed by atoms with van der Waals surface area (Å²) in [5, 5.41) is 3.67. The van der Waals surface area contributed by atoms with Gasteiger partial charge in [-0.1, -0.05) is 52.3 Å². The first-order valence-corrected chi connectivity index (χ1v) is 7.57. The number of fused-ring (bicyclic) bond motifs is 1. The maximum Gasteiger partial charge on any atom is 0.0208 e. The molecule has 98 valence electrons. The van der Waals surface area contributed by atoms with E-state index in [2.05, 4.69) is 70.6 Å². The number of rotatable bonds is 3. The molecule has 0 radical (unpaired) electrons. The number of halogens is 1. The highest BCUT2D eigenvalue weighted by Crippen LogP contribution is 2.22. The van der Waals surface area contributed by atoms with Crippen LogP contribution in [0.4, 0.5) is 0 Å². The molecule has 0 aromatic heterocycles. The molecule has 0 heterocycles. The van der Waals surface area contributed by atoms with Crippen molar-refractivity contribution in [1.29, 1.82) is 0 Å². The Labute approximate surface area is 123 Å². The molecule has 2 aromatic carbocycles.